The number of ether oxygens (including phenoxy) is 2. The highest BCUT2D eigenvalue weighted by molar-refractivity contribution is 7.09. The van der Waals surface area contributed by atoms with Crippen LogP contribution in [0.3, 0.4) is 0 Å². The van der Waals surface area contributed by atoms with Crippen LogP contribution in [0.5, 0.6) is 5.75 Å². The van der Waals surface area contributed by atoms with Crippen molar-refractivity contribution in [2.75, 3.05) is 13.2 Å². The number of amides is 1. The van der Waals surface area contributed by atoms with Gasteiger partial charge in [-0.2, -0.15) is 0 Å². The molecule has 0 aliphatic carbocycles. The molecule has 1 amide bonds. The molecule has 1 heterocycles. The quantitative estimate of drug-likeness (QED) is 0.196. The molecule has 1 N–H and O–H groups in total. The molecule has 6 nitrogen and oxygen atoms in total. The molecule has 0 radical (unpaired) electrons. The molecule has 1 atom stereocenters. The molecule has 0 saturated carbocycles. The van der Waals surface area contributed by atoms with E-state index < -0.39 is 18.4 Å². The van der Waals surface area contributed by atoms with E-state index in [1.165, 1.54) is 28.4 Å². The summed E-state index contributed by atoms with van der Waals surface area (Å²) in [6, 6.07) is 23.9. The minimum atomic E-state index is -1.68. The second-order valence-electron chi connectivity index (χ2n) is 9.01. The number of rotatable bonds is 12. The summed E-state index contributed by atoms with van der Waals surface area (Å²) >= 11 is 1.50. The summed E-state index contributed by atoms with van der Waals surface area (Å²) in [4.78, 5) is 26.7. The molecule has 3 aromatic carbocycles. The van der Waals surface area contributed by atoms with E-state index in [9.17, 15) is 19.1 Å². The maximum atomic E-state index is 14.2. The number of aromatic carboxylic acids is 1. The highest BCUT2D eigenvalue weighted by Gasteiger charge is 2.22. The third kappa shape index (κ3) is 7.91. The molecular weight excluding hydrogens is 517 g/mol. The van der Waals surface area contributed by atoms with E-state index in [1.54, 1.807) is 12.1 Å². The van der Waals surface area contributed by atoms with Crippen molar-refractivity contribution in [2.45, 2.75) is 32.7 Å². The highest BCUT2D eigenvalue weighted by atomic mass is 32.1. The third-order valence-corrected chi connectivity index (χ3v) is 6.88. The smallest absolute Gasteiger partial charge is 0.412 e. The van der Waals surface area contributed by atoms with Crippen molar-refractivity contribution in [1.82, 2.24) is 4.90 Å². The van der Waals surface area contributed by atoms with Crippen LogP contribution in [-0.2, 0) is 11.3 Å². The van der Waals surface area contributed by atoms with Gasteiger partial charge in [-0.3, -0.25) is 4.90 Å². The van der Waals surface area contributed by atoms with Crippen molar-refractivity contribution < 1.29 is 28.6 Å². The maximum absolute atomic E-state index is 14.2. The van der Waals surface area contributed by atoms with Crippen LogP contribution in [-0.4, -0.2) is 41.6 Å². The molecule has 1 unspecified atom stereocenters. The number of carboxylic acid groups (broad SMARTS) is 1. The topological polar surface area (TPSA) is 76.1 Å². The van der Waals surface area contributed by atoms with Crippen molar-refractivity contribution >= 4 is 40.2 Å². The van der Waals surface area contributed by atoms with Gasteiger partial charge in [-0.1, -0.05) is 67.6 Å². The number of hydrogen-bond donors (Lipinski definition) is 1. The first-order valence-electron chi connectivity index (χ1n) is 12.7. The van der Waals surface area contributed by atoms with Gasteiger partial charge in [-0.05, 0) is 52.6 Å². The molecule has 4 rings (SSSR count). The lowest BCUT2D eigenvalue weighted by Gasteiger charge is -2.24. The van der Waals surface area contributed by atoms with E-state index in [2.05, 4.69) is 0 Å². The number of alkyl halides is 1. The Bertz CT molecular complexity index is 1410. The van der Waals surface area contributed by atoms with Gasteiger partial charge in [-0.15, -0.1) is 11.3 Å². The SMILES string of the molecule is CCCC(F)OC(=O)N(CC(=Cc1ccc(C(=O)O)cc1)COc1cccc2ccccc12)Cc1cccs1. The fourth-order valence-electron chi connectivity index (χ4n) is 4.07. The Hall–Kier alpha value is -4.17. The van der Waals surface area contributed by atoms with E-state index in [0.29, 0.717) is 12.2 Å². The number of fused-ring (bicyclic) bond motifs is 1. The van der Waals surface area contributed by atoms with Gasteiger partial charge >= 0.3 is 12.1 Å². The predicted molar refractivity (Wildman–Crippen MR) is 152 cm³/mol. The summed E-state index contributed by atoms with van der Waals surface area (Å²) < 4.78 is 25.6. The monoisotopic (exact) mass is 547 g/mol. The van der Waals surface area contributed by atoms with Gasteiger partial charge in [0, 0.05) is 23.2 Å². The zero-order valence-corrected chi connectivity index (χ0v) is 22.4. The first kappa shape index (κ1) is 27.9. The van der Waals surface area contributed by atoms with Gasteiger partial charge in [0.2, 0.25) is 6.36 Å². The first-order valence-corrected chi connectivity index (χ1v) is 13.6. The number of carboxylic acids is 1. The Kier molecular flexibility index (Phi) is 9.69. The maximum Gasteiger partial charge on any atom is 0.412 e. The molecule has 0 saturated heterocycles. The molecule has 8 heteroatoms. The van der Waals surface area contributed by atoms with Crippen LogP contribution in [0.1, 0.15) is 40.6 Å². The van der Waals surface area contributed by atoms with E-state index >= 15 is 0 Å². The summed E-state index contributed by atoms with van der Waals surface area (Å²) in [5.74, 6) is -0.317. The van der Waals surface area contributed by atoms with Crippen molar-refractivity contribution in [3.63, 3.8) is 0 Å². The summed E-state index contributed by atoms with van der Waals surface area (Å²) in [6.45, 7) is 2.35. The van der Waals surface area contributed by atoms with Crippen LogP contribution in [0, 0.1) is 0 Å². The number of carbonyl (C=O) groups is 2. The molecular formula is C31H30FNO5S. The van der Waals surface area contributed by atoms with Gasteiger partial charge in [0.25, 0.3) is 0 Å². The lowest BCUT2D eigenvalue weighted by molar-refractivity contribution is -0.0110. The Morgan fingerprint density at radius 2 is 1.79 bits per heavy atom. The lowest BCUT2D eigenvalue weighted by Crippen LogP contribution is -2.35. The van der Waals surface area contributed by atoms with Gasteiger partial charge in [-0.25, -0.2) is 14.0 Å². The van der Waals surface area contributed by atoms with E-state index in [0.717, 1.165) is 26.8 Å². The number of benzene rings is 3. The second kappa shape index (κ2) is 13.6. The second-order valence-corrected chi connectivity index (χ2v) is 10.0. The van der Waals surface area contributed by atoms with Crippen LogP contribution < -0.4 is 4.74 Å². The minimum absolute atomic E-state index is 0.126. The molecule has 39 heavy (non-hydrogen) atoms. The fraction of sp³-hybridized carbons (Fsp3) is 0.226. The third-order valence-electron chi connectivity index (χ3n) is 6.01. The molecule has 0 aliphatic rings. The summed E-state index contributed by atoms with van der Waals surface area (Å²) in [5, 5.41) is 13.2. The van der Waals surface area contributed by atoms with Crippen molar-refractivity contribution in [3.05, 3.63) is 106 Å². The largest absolute Gasteiger partial charge is 0.489 e. The van der Waals surface area contributed by atoms with Crippen molar-refractivity contribution in [2.24, 2.45) is 0 Å². The highest BCUT2D eigenvalue weighted by Crippen LogP contribution is 2.26. The fourth-order valence-corrected chi connectivity index (χ4v) is 4.79. The minimum Gasteiger partial charge on any atom is -0.489 e. The van der Waals surface area contributed by atoms with Crippen molar-refractivity contribution in [1.29, 1.82) is 0 Å². The predicted octanol–water partition coefficient (Wildman–Crippen LogP) is 7.80. The normalized spacial score (nSPS) is 12.2. The van der Waals surface area contributed by atoms with Gasteiger partial charge < -0.3 is 14.6 Å². The molecule has 1 aromatic heterocycles. The van der Waals surface area contributed by atoms with Crippen LogP contribution in [0.25, 0.3) is 16.8 Å². The van der Waals surface area contributed by atoms with Crippen LogP contribution in [0.15, 0.2) is 89.8 Å². The summed E-state index contributed by atoms with van der Waals surface area (Å²) in [5.41, 5.74) is 1.65. The van der Waals surface area contributed by atoms with Crippen LogP contribution in [0.2, 0.25) is 0 Å². The van der Waals surface area contributed by atoms with E-state index in [-0.39, 0.29) is 31.7 Å². The standard InChI is InChI=1S/C31H30FNO5S/c1-2-7-29(32)38-31(36)33(20-26-10-6-17-39-26)19-23(18-22-13-15-25(16-14-22)30(34)35)21-37-28-12-5-9-24-8-3-4-11-27(24)28/h3-6,8-18,29H,2,7,19-21H2,1H3,(H,34,35). The van der Waals surface area contributed by atoms with Gasteiger partial charge in [0.05, 0.1) is 12.1 Å². The van der Waals surface area contributed by atoms with Crippen LogP contribution in [0.4, 0.5) is 9.18 Å². The number of thiophene rings is 1. The van der Waals surface area contributed by atoms with Gasteiger partial charge in [0.15, 0.2) is 0 Å². The Labute approximate surface area is 230 Å². The molecule has 202 valence electrons. The Morgan fingerprint density at radius 3 is 2.51 bits per heavy atom. The van der Waals surface area contributed by atoms with E-state index in [1.807, 2.05) is 73.0 Å². The summed E-state index contributed by atoms with van der Waals surface area (Å²) in [6.07, 6.45) is 0.0968. The number of halogens is 1. The van der Waals surface area contributed by atoms with Gasteiger partial charge in [0.1, 0.15) is 12.4 Å². The first-order chi connectivity index (χ1) is 18.9. The molecule has 0 bridgehead atoms. The summed E-state index contributed by atoms with van der Waals surface area (Å²) in [7, 11) is 0. The number of hydrogen-bond acceptors (Lipinski definition) is 5. The van der Waals surface area contributed by atoms with Crippen LogP contribution >= 0.6 is 11.3 Å². The van der Waals surface area contributed by atoms with E-state index in [4.69, 9.17) is 9.47 Å². The average molecular weight is 548 g/mol. The molecule has 0 fully saturated rings. The van der Waals surface area contributed by atoms with Crippen molar-refractivity contribution in [3.8, 4) is 5.75 Å². The number of carbonyl (C=O) groups excluding carboxylic acids is 1. The zero-order valence-electron chi connectivity index (χ0n) is 21.6. The number of nitrogens with zero attached hydrogens (tertiary/aromatic N) is 1. The molecule has 0 aliphatic heterocycles. The molecule has 0 spiro atoms. The Balaban J connectivity index is 1.62. The Morgan fingerprint density at radius 1 is 1.03 bits per heavy atom. The average Bonchev–Trinajstić information content (AvgIpc) is 3.45. The molecule has 4 aromatic rings. The lowest BCUT2D eigenvalue weighted by atomic mass is 10.1. The zero-order chi connectivity index (χ0) is 27.6.